The molecule has 0 radical (unpaired) electrons. The molecular formula is C12H13BrN2O3S. The van der Waals surface area contributed by atoms with Crippen LogP contribution in [0.15, 0.2) is 38.2 Å². The second-order valence-corrected chi connectivity index (χ2v) is 6.60. The molecule has 1 aromatic carbocycles. The number of anilines is 1. The SMILES string of the molecule is CCc1cc(Br)ccc1S(=O)(=O)Nc1cc(C)on1. The maximum absolute atomic E-state index is 12.3. The van der Waals surface area contributed by atoms with Crippen molar-refractivity contribution in [1.82, 2.24) is 5.16 Å². The molecule has 1 aromatic heterocycles. The van der Waals surface area contributed by atoms with Crippen LogP contribution in [0.3, 0.4) is 0 Å². The molecule has 0 bridgehead atoms. The van der Waals surface area contributed by atoms with Crippen LogP contribution < -0.4 is 4.72 Å². The van der Waals surface area contributed by atoms with E-state index in [9.17, 15) is 8.42 Å². The minimum atomic E-state index is -3.65. The third-order valence-corrected chi connectivity index (χ3v) is 4.51. The fourth-order valence-electron chi connectivity index (χ4n) is 1.69. The number of nitrogens with one attached hydrogen (secondary N) is 1. The molecule has 0 saturated heterocycles. The Labute approximate surface area is 120 Å². The smallest absolute Gasteiger partial charge is 0.263 e. The van der Waals surface area contributed by atoms with Crippen LogP contribution >= 0.6 is 15.9 Å². The number of rotatable bonds is 4. The maximum atomic E-state index is 12.3. The predicted molar refractivity (Wildman–Crippen MR) is 75.6 cm³/mol. The number of halogens is 1. The maximum Gasteiger partial charge on any atom is 0.263 e. The fourth-order valence-corrected chi connectivity index (χ4v) is 3.38. The highest BCUT2D eigenvalue weighted by Gasteiger charge is 2.19. The van der Waals surface area contributed by atoms with E-state index in [0.29, 0.717) is 12.2 Å². The van der Waals surface area contributed by atoms with Crippen LogP contribution in [0, 0.1) is 6.92 Å². The van der Waals surface area contributed by atoms with Gasteiger partial charge in [-0.25, -0.2) is 8.42 Å². The topological polar surface area (TPSA) is 72.2 Å². The van der Waals surface area contributed by atoms with Crippen molar-refractivity contribution in [3.05, 3.63) is 40.1 Å². The molecule has 7 heteroatoms. The average molecular weight is 345 g/mol. The molecule has 2 rings (SSSR count). The Hall–Kier alpha value is -1.34. The lowest BCUT2D eigenvalue weighted by atomic mass is 10.2. The number of nitrogens with zero attached hydrogens (tertiary/aromatic N) is 1. The van der Waals surface area contributed by atoms with Crippen molar-refractivity contribution in [3.63, 3.8) is 0 Å². The lowest BCUT2D eigenvalue weighted by Gasteiger charge is -2.09. The Morgan fingerprint density at radius 3 is 2.68 bits per heavy atom. The van der Waals surface area contributed by atoms with E-state index in [-0.39, 0.29) is 10.7 Å². The van der Waals surface area contributed by atoms with Crippen molar-refractivity contribution in [2.75, 3.05) is 4.72 Å². The van der Waals surface area contributed by atoms with Gasteiger partial charge in [0.15, 0.2) is 5.82 Å². The summed E-state index contributed by atoms with van der Waals surface area (Å²) < 4.78 is 32.7. The molecule has 1 heterocycles. The standard InChI is InChI=1S/C12H13BrN2O3S/c1-3-9-7-10(13)4-5-11(9)19(16,17)15-12-6-8(2)18-14-12/h4-7H,3H2,1-2H3,(H,14,15). The van der Waals surface area contributed by atoms with E-state index < -0.39 is 10.0 Å². The molecule has 1 N–H and O–H groups in total. The van der Waals surface area contributed by atoms with Crippen LogP contribution in [0.5, 0.6) is 0 Å². The van der Waals surface area contributed by atoms with Crippen molar-refractivity contribution < 1.29 is 12.9 Å². The average Bonchev–Trinajstić information content (AvgIpc) is 2.73. The zero-order valence-corrected chi connectivity index (χ0v) is 12.9. The van der Waals surface area contributed by atoms with E-state index in [4.69, 9.17) is 4.52 Å². The summed E-state index contributed by atoms with van der Waals surface area (Å²) in [4.78, 5) is 0.249. The molecule has 0 atom stereocenters. The van der Waals surface area contributed by atoms with Crippen molar-refractivity contribution in [3.8, 4) is 0 Å². The number of aromatic nitrogens is 1. The third kappa shape index (κ3) is 3.16. The van der Waals surface area contributed by atoms with Gasteiger partial charge in [0.25, 0.3) is 10.0 Å². The van der Waals surface area contributed by atoms with Crippen molar-refractivity contribution in [2.24, 2.45) is 0 Å². The van der Waals surface area contributed by atoms with Gasteiger partial charge in [-0.15, -0.1) is 0 Å². The van der Waals surface area contributed by atoms with Gasteiger partial charge in [0.1, 0.15) is 5.76 Å². The largest absolute Gasteiger partial charge is 0.360 e. The van der Waals surface area contributed by atoms with Crippen molar-refractivity contribution in [1.29, 1.82) is 0 Å². The number of benzene rings is 1. The van der Waals surface area contributed by atoms with E-state index in [2.05, 4.69) is 25.8 Å². The van der Waals surface area contributed by atoms with Gasteiger partial charge in [-0.2, -0.15) is 0 Å². The lowest BCUT2D eigenvalue weighted by molar-refractivity contribution is 0.400. The van der Waals surface area contributed by atoms with Gasteiger partial charge in [-0.05, 0) is 37.1 Å². The summed E-state index contributed by atoms with van der Waals surface area (Å²) in [7, 11) is -3.65. The zero-order valence-electron chi connectivity index (χ0n) is 10.5. The van der Waals surface area contributed by atoms with Gasteiger partial charge in [0.2, 0.25) is 0 Å². The van der Waals surface area contributed by atoms with Gasteiger partial charge in [0.05, 0.1) is 4.90 Å². The molecule has 102 valence electrons. The number of aryl methyl sites for hydroxylation is 2. The molecule has 0 unspecified atom stereocenters. The Morgan fingerprint density at radius 1 is 1.37 bits per heavy atom. The Kier molecular flexibility index (Phi) is 3.96. The minimum Gasteiger partial charge on any atom is -0.360 e. The first-order chi connectivity index (χ1) is 8.92. The van der Waals surface area contributed by atoms with Crippen LogP contribution in [-0.4, -0.2) is 13.6 Å². The van der Waals surface area contributed by atoms with Gasteiger partial charge in [-0.3, -0.25) is 4.72 Å². The fraction of sp³-hybridized carbons (Fsp3) is 0.250. The second-order valence-electron chi connectivity index (χ2n) is 4.03. The first kappa shape index (κ1) is 14.1. The summed E-state index contributed by atoms with van der Waals surface area (Å²) in [6, 6.07) is 6.59. The van der Waals surface area contributed by atoms with E-state index in [1.807, 2.05) is 6.92 Å². The summed E-state index contributed by atoms with van der Waals surface area (Å²) in [5.41, 5.74) is 0.738. The first-order valence-corrected chi connectivity index (χ1v) is 7.94. The molecule has 0 spiro atoms. The molecule has 0 fully saturated rings. The molecule has 0 aliphatic carbocycles. The summed E-state index contributed by atoms with van der Waals surface area (Å²) in [5, 5.41) is 3.62. The minimum absolute atomic E-state index is 0.183. The summed E-state index contributed by atoms with van der Waals surface area (Å²) in [6.07, 6.45) is 0.619. The highest BCUT2D eigenvalue weighted by atomic mass is 79.9. The van der Waals surface area contributed by atoms with Crippen LogP contribution in [0.25, 0.3) is 0 Å². The Balaban J connectivity index is 2.39. The van der Waals surface area contributed by atoms with Gasteiger partial charge < -0.3 is 4.52 Å². The quantitative estimate of drug-likeness (QED) is 0.924. The van der Waals surface area contributed by atoms with Crippen molar-refractivity contribution >= 4 is 31.8 Å². The monoisotopic (exact) mass is 344 g/mol. The Bertz CT molecular complexity index is 695. The van der Waals surface area contributed by atoms with Crippen LogP contribution in [0.1, 0.15) is 18.2 Å². The molecule has 2 aromatic rings. The van der Waals surface area contributed by atoms with E-state index in [1.165, 1.54) is 6.07 Å². The first-order valence-electron chi connectivity index (χ1n) is 5.67. The molecule has 19 heavy (non-hydrogen) atoms. The normalized spacial score (nSPS) is 11.5. The number of hydrogen-bond donors (Lipinski definition) is 1. The molecule has 0 aliphatic heterocycles. The highest BCUT2D eigenvalue weighted by Crippen LogP contribution is 2.23. The molecule has 5 nitrogen and oxygen atoms in total. The van der Waals surface area contributed by atoms with Crippen LogP contribution in [0.4, 0.5) is 5.82 Å². The van der Waals surface area contributed by atoms with E-state index in [0.717, 1.165) is 10.0 Å². The zero-order chi connectivity index (χ0) is 14.0. The second kappa shape index (κ2) is 5.34. The van der Waals surface area contributed by atoms with Gasteiger partial charge in [-0.1, -0.05) is 28.0 Å². The van der Waals surface area contributed by atoms with E-state index >= 15 is 0 Å². The summed E-state index contributed by atoms with van der Waals surface area (Å²) in [6.45, 7) is 3.60. The molecule has 0 aliphatic rings. The lowest BCUT2D eigenvalue weighted by Crippen LogP contribution is -2.15. The molecule has 0 saturated carbocycles. The van der Waals surface area contributed by atoms with Gasteiger partial charge >= 0.3 is 0 Å². The highest BCUT2D eigenvalue weighted by molar-refractivity contribution is 9.10. The third-order valence-electron chi connectivity index (χ3n) is 2.56. The molecule has 0 amide bonds. The predicted octanol–water partition coefficient (Wildman–Crippen LogP) is 3.11. The Morgan fingerprint density at radius 2 is 2.11 bits per heavy atom. The van der Waals surface area contributed by atoms with Crippen molar-refractivity contribution in [2.45, 2.75) is 25.2 Å². The summed E-state index contributed by atoms with van der Waals surface area (Å²) >= 11 is 3.33. The van der Waals surface area contributed by atoms with Gasteiger partial charge in [0, 0.05) is 10.5 Å². The molecular weight excluding hydrogens is 332 g/mol. The van der Waals surface area contributed by atoms with Crippen LogP contribution in [0.2, 0.25) is 0 Å². The van der Waals surface area contributed by atoms with Crippen LogP contribution in [-0.2, 0) is 16.4 Å². The van der Waals surface area contributed by atoms with E-state index in [1.54, 1.807) is 25.1 Å². The number of sulfonamides is 1. The summed E-state index contributed by atoms with van der Waals surface area (Å²) in [5.74, 6) is 0.728. The number of hydrogen-bond acceptors (Lipinski definition) is 4.